The van der Waals surface area contributed by atoms with E-state index in [9.17, 15) is 4.39 Å². The van der Waals surface area contributed by atoms with Crippen LogP contribution in [-0.2, 0) is 17.9 Å². The molecule has 1 aliphatic rings. The maximum absolute atomic E-state index is 13.4. The lowest BCUT2D eigenvalue weighted by Crippen LogP contribution is -2.23. The SMILES string of the molecule is Fc1cccc(-c2n[nH]nc2CO[C@H]2CCN(Cc3ccccc3)C2)c1. The van der Waals surface area contributed by atoms with Crippen LogP contribution in [0.25, 0.3) is 11.3 Å². The van der Waals surface area contributed by atoms with Gasteiger partial charge in [0.2, 0.25) is 0 Å². The average molecular weight is 352 g/mol. The van der Waals surface area contributed by atoms with Gasteiger partial charge in [0.15, 0.2) is 0 Å². The van der Waals surface area contributed by atoms with Gasteiger partial charge in [0.25, 0.3) is 0 Å². The summed E-state index contributed by atoms with van der Waals surface area (Å²) in [6, 6.07) is 16.8. The van der Waals surface area contributed by atoms with Crippen LogP contribution in [0.15, 0.2) is 54.6 Å². The number of aromatic amines is 1. The summed E-state index contributed by atoms with van der Waals surface area (Å²) in [7, 11) is 0. The largest absolute Gasteiger partial charge is 0.370 e. The minimum absolute atomic E-state index is 0.177. The normalized spacial score (nSPS) is 17.7. The Kier molecular flexibility index (Phi) is 5.04. The molecule has 3 aromatic rings. The maximum Gasteiger partial charge on any atom is 0.123 e. The highest BCUT2D eigenvalue weighted by molar-refractivity contribution is 5.60. The monoisotopic (exact) mass is 352 g/mol. The van der Waals surface area contributed by atoms with Crippen LogP contribution < -0.4 is 0 Å². The summed E-state index contributed by atoms with van der Waals surface area (Å²) in [5.74, 6) is -0.287. The molecule has 2 heterocycles. The zero-order valence-corrected chi connectivity index (χ0v) is 14.4. The lowest BCUT2D eigenvalue weighted by Gasteiger charge is -2.16. The molecule has 1 fully saturated rings. The van der Waals surface area contributed by atoms with Crippen molar-refractivity contribution < 1.29 is 9.13 Å². The predicted molar refractivity (Wildman–Crippen MR) is 96.7 cm³/mol. The number of rotatable bonds is 6. The summed E-state index contributed by atoms with van der Waals surface area (Å²) >= 11 is 0. The van der Waals surface area contributed by atoms with Crippen LogP contribution in [-0.4, -0.2) is 39.5 Å². The molecular formula is C20H21FN4O. The first-order valence-corrected chi connectivity index (χ1v) is 8.81. The van der Waals surface area contributed by atoms with Gasteiger partial charge in [-0.15, -0.1) is 0 Å². The minimum atomic E-state index is -0.287. The first kappa shape index (κ1) is 16.9. The minimum Gasteiger partial charge on any atom is -0.370 e. The number of halogens is 1. The summed E-state index contributed by atoms with van der Waals surface area (Å²) in [4.78, 5) is 2.40. The molecule has 0 aliphatic carbocycles. The van der Waals surface area contributed by atoms with Crippen LogP contribution in [0.1, 0.15) is 17.7 Å². The Bertz CT molecular complexity index is 852. The molecule has 6 heteroatoms. The Morgan fingerprint density at radius 2 is 2.00 bits per heavy atom. The van der Waals surface area contributed by atoms with E-state index in [1.54, 1.807) is 6.07 Å². The topological polar surface area (TPSA) is 54.0 Å². The molecule has 0 unspecified atom stereocenters. The highest BCUT2D eigenvalue weighted by Gasteiger charge is 2.24. The summed E-state index contributed by atoms with van der Waals surface area (Å²) in [5.41, 5.74) is 3.37. The van der Waals surface area contributed by atoms with Gasteiger partial charge in [-0.1, -0.05) is 42.5 Å². The first-order valence-electron chi connectivity index (χ1n) is 8.81. The van der Waals surface area contributed by atoms with E-state index in [-0.39, 0.29) is 11.9 Å². The van der Waals surface area contributed by atoms with Crippen molar-refractivity contribution in [2.75, 3.05) is 13.1 Å². The van der Waals surface area contributed by atoms with Crippen molar-refractivity contribution in [2.24, 2.45) is 0 Å². The lowest BCUT2D eigenvalue weighted by molar-refractivity contribution is 0.0445. The van der Waals surface area contributed by atoms with E-state index in [0.29, 0.717) is 23.6 Å². The molecule has 5 nitrogen and oxygen atoms in total. The predicted octanol–water partition coefficient (Wildman–Crippen LogP) is 3.40. The van der Waals surface area contributed by atoms with Gasteiger partial charge < -0.3 is 4.74 Å². The summed E-state index contributed by atoms with van der Waals surface area (Å²) in [6.45, 7) is 3.24. The molecule has 1 N–H and O–H groups in total. The molecule has 1 aromatic heterocycles. The van der Waals surface area contributed by atoms with Gasteiger partial charge in [0, 0.05) is 25.2 Å². The molecule has 26 heavy (non-hydrogen) atoms. The van der Waals surface area contributed by atoms with Crippen LogP contribution in [0.3, 0.4) is 0 Å². The van der Waals surface area contributed by atoms with Crippen molar-refractivity contribution in [1.29, 1.82) is 0 Å². The molecule has 1 atom stereocenters. The van der Waals surface area contributed by atoms with Crippen LogP contribution in [0, 0.1) is 5.82 Å². The van der Waals surface area contributed by atoms with Crippen molar-refractivity contribution in [3.05, 3.63) is 71.7 Å². The number of hydrogen-bond acceptors (Lipinski definition) is 4. The Labute approximate surface area is 151 Å². The summed E-state index contributed by atoms with van der Waals surface area (Å²) in [5, 5.41) is 10.9. The van der Waals surface area contributed by atoms with E-state index in [4.69, 9.17) is 4.74 Å². The average Bonchev–Trinajstić information content (AvgIpc) is 3.30. The maximum atomic E-state index is 13.4. The third-order valence-corrected chi connectivity index (χ3v) is 4.65. The van der Waals surface area contributed by atoms with Crippen LogP contribution in [0.2, 0.25) is 0 Å². The highest BCUT2D eigenvalue weighted by atomic mass is 19.1. The molecule has 0 radical (unpaired) electrons. The Hall–Kier alpha value is -2.57. The fourth-order valence-corrected chi connectivity index (χ4v) is 3.34. The van der Waals surface area contributed by atoms with Crippen molar-refractivity contribution >= 4 is 0 Å². The zero-order valence-electron chi connectivity index (χ0n) is 14.4. The molecule has 1 aliphatic heterocycles. The molecule has 134 valence electrons. The standard InChI is InChI=1S/C20H21FN4O/c21-17-8-4-7-16(11-17)20-19(22-24-23-20)14-26-18-9-10-25(13-18)12-15-5-2-1-3-6-15/h1-8,11,18H,9-10,12-14H2,(H,22,23,24)/t18-/m0/s1. The molecule has 1 saturated heterocycles. The Morgan fingerprint density at radius 1 is 1.12 bits per heavy atom. The van der Waals surface area contributed by atoms with Crippen molar-refractivity contribution in [1.82, 2.24) is 20.3 Å². The molecule has 0 saturated carbocycles. The number of likely N-dealkylation sites (tertiary alicyclic amines) is 1. The van der Waals surface area contributed by atoms with E-state index < -0.39 is 0 Å². The van der Waals surface area contributed by atoms with Crippen LogP contribution in [0.5, 0.6) is 0 Å². The van der Waals surface area contributed by atoms with Gasteiger partial charge in [-0.2, -0.15) is 15.4 Å². The van der Waals surface area contributed by atoms with Crippen LogP contribution in [0.4, 0.5) is 4.39 Å². The van der Waals surface area contributed by atoms with E-state index in [0.717, 1.165) is 26.1 Å². The second-order valence-electron chi connectivity index (χ2n) is 6.57. The molecule has 0 spiro atoms. The molecule has 0 bridgehead atoms. The third kappa shape index (κ3) is 3.98. The Balaban J connectivity index is 1.34. The second kappa shape index (κ2) is 7.76. The lowest BCUT2D eigenvalue weighted by atomic mass is 10.1. The van der Waals surface area contributed by atoms with E-state index >= 15 is 0 Å². The fraction of sp³-hybridized carbons (Fsp3) is 0.300. The fourth-order valence-electron chi connectivity index (χ4n) is 3.34. The van der Waals surface area contributed by atoms with Gasteiger partial charge in [-0.05, 0) is 24.1 Å². The van der Waals surface area contributed by atoms with E-state index in [1.807, 2.05) is 12.1 Å². The van der Waals surface area contributed by atoms with Gasteiger partial charge in [-0.3, -0.25) is 4.90 Å². The van der Waals surface area contributed by atoms with Gasteiger partial charge >= 0.3 is 0 Å². The number of hydrogen-bond donors (Lipinski definition) is 1. The summed E-state index contributed by atoms with van der Waals surface area (Å²) in [6.07, 6.45) is 1.18. The Morgan fingerprint density at radius 3 is 2.85 bits per heavy atom. The number of nitrogens with one attached hydrogen (secondary N) is 1. The van der Waals surface area contributed by atoms with Gasteiger partial charge in [0.05, 0.1) is 12.7 Å². The van der Waals surface area contributed by atoms with Crippen molar-refractivity contribution in [2.45, 2.75) is 25.7 Å². The number of aromatic nitrogens is 3. The van der Waals surface area contributed by atoms with Crippen molar-refractivity contribution in [3.8, 4) is 11.3 Å². The number of ether oxygens (including phenoxy) is 1. The molecule has 2 aromatic carbocycles. The van der Waals surface area contributed by atoms with Gasteiger partial charge in [-0.25, -0.2) is 4.39 Å². The molecule has 0 amide bonds. The summed E-state index contributed by atoms with van der Waals surface area (Å²) < 4.78 is 19.5. The van der Waals surface area contributed by atoms with E-state index in [1.165, 1.54) is 17.7 Å². The van der Waals surface area contributed by atoms with Crippen molar-refractivity contribution in [3.63, 3.8) is 0 Å². The third-order valence-electron chi connectivity index (χ3n) is 4.65. The number of benzene rings is 2. The first-order chi connectivity index (χ1) is 12.8. The number of nitrogens with zero attached hydrogens (tertiary/aromatic N) is 3. The van der Waals surface area contributed by atoms with Crippen LogP contribution >= 0.6 is 0 Å². The quantitative estimate of drug-likeness (QED) is 0.739. The smallest absolute Gasteiger partial charge is 0.123 e. The van der Waals surface area contributed by atoms with Gasteiger partial charge in [0.1, 0.15) is 17.2 Å². The second-order valence-corrected chi connectivity index (χ2v) is 6.57. The molecule has 4 rings (SSSR count). The van der Waals surface area contributed by atoms with E-state index in [2.05, 4.69) is 44.6 Å². The zero-order chi connectivity index (χ0) is 17.8. The molecular weight excluding hydrogens is 331 g/mol. The highest BCUT2D eigenvalue weighted by Crippen LogP contribution is 2.23. The number of H-pyrrole nitrogens is 1.